The molecule has 0 radical (unpaired) electrons. The molecule has 4 N–H and O–H groups in total. The zero-order valence-corrected chi connectivity index (χ0v) is 25.2. The van der Waals surface area contributed by atoms with Crippen molar-refractivity contribution < 1.29 is 4.74 Å². The molecule has 0 aliphatic heterocycles. The quantitative estimate of drug-likeness (QED) is 0.155. The van der Waals surface area contributed by atoms with Crippen LogP contribution in [0.15, 0.2) is 0 Å². The molecule has 0 unspecified atom stereocenters. The Hall–Kier alpha value is -0.280. The first-order valence-corrected chi connectivity index (χ1v) is 15.1. The van der Waals surface area contributed by atoms with Crippen LogP contribution < -0.4 is 11.5 Å². The lowest BCUT2D eigenvalue weighted by Crippen LogP contribution is -2.35. The van der Waals surface area contributed by atoms with E-state index in [0.717, 1.165) is 58.2 Å². The third-order valence-electron chi connectivity index (χ3n) is 7.14. The maximum Gasteiger partial charge on any atom is 0.0465 e. The molecule has 0 aromatic carbocycles. The summed E-state index contributed by atoms with van der Waals surface area (Å²) in [7, 11) is 9.09. The summed E-state index contributed by atoms with van der Waals surface area (Å²) in [6.07, 6.45) is 13.8. The van der Waals surface area contributed by atoms with Gasteiger partial charge in [-0.15, -0.1) is 0 Å². The summed E-state index contributed by atoms with van der Waals surface area (Å²) in [4.78, 5) is 10.0. The molecule has 0 atom stereocenters. The lowest BCUT2D eigenvalue weighted by molar-refractivity contribution is 0.142. The van der Waals surface area contributed by atoms with E-state index in [1.165, 1.54) is 97.1 Å². The van der Waals surface area contributed by atoms with Crippen LogP contribution in [0.2, 0.25) is 0 Å². The second-order valence-corrected chi connectivity index (χ2v) is 11.1. The highest BCUT2D eigenvalue weighted by Gasteiger charge is 2.14. The van der Waals surface area contributed by atoms with E-state index < -0.39 is 0 Å². The Morgan fingerprint density at radius 1 is 0.528 bits per heavy atom. The summed E-state index contributed by atoms with van der Waals surface area (Å²) in [5, 5.41) is 0. The van der Waals surface area contributed by atoms with Crippen LogP contribution in [0, 0.1) is 5.92 Å². The molecule has 0 heterocycles. The smallest absolute Gasteiger partial charge is 0.0465 e. The third kappa shape index (κ3) is 24.1. The van der Waals surface area contributed by atoms with Crippen LogP contribution in [-0.4, -0.2) is 126 Å². The predicted octanol–water partition coefficient (Wildman–Crippen LogP) is 3.57. The first-order chi connectivity index (χ1) is 17.4. The number of hydrogen-bond donors (Lipinski definition) is 2. The van der Waals surface area contributed by atoms with Gasteiger partial charge in [0.2, 0.25) is 0 Å². The fourth-order valence-corrected chi connectivity index (χ4v) is 4.91. The number of nitrogens with two attached hydrogens (primary N) is 2. The van der Waals surface area contributed by atoms with Gasteiger partial charge in [-0.1, -0.05) is 19.3 Å². The molecule has 0 saturated carbocycles. The molecular formula is C29H66N6O. The van der Waals surface area contributed by atoms with Crippen molar-refractivity contribution in [1.29, 1.82) is 0 Å². The number of unbranched alkanes of at least 4 members (excludes halogenated alkanes) is 5. The van der Waals surface area contributed by atoms with Gasteiger partial charge in [0.05, 0.1) is 0 Å². The first kappa shape index (κ1) is 35.7. The highest BCUT2D eigenvalue weighted by Crippen LogP contribution is 2.15. The molecule has 0 aliphatic rings. The van der Waals surface area contributed by atoms with Crippen LogP contribution in [0.1, 0.15) is 77.6 Å². The molecule has 0 saturated heterocycles. The van der Waals surface area contributed by atoms with E-state index in [1.807, 2.05) is 0 Å². The van der Waals surface area contributed by atoms with Gasteiger partial charge in [0, 0.05) is 26.3 Å². The van der Waals surface area contributed by atoms with Crippen LogP contribution in [0.25, 0.3) is 0 Å². The number of hydrogen-bond acceptors (Lipinski definition) is 7. The number of nitrogens with zero attached hydrogens (tertiary/aromatic N) is 4. The summed E-state index contributed by atoms with van der Waals surface area (Å²) in [5.41, 5.74) is 11.3. The van der Waals surface area contributed by atoms with Crippen molar-refractivity contribution in [3.8, 4) is 0 Å². The zero-order valence-electron chi connectivity index (χ0n) is 25.2. The molecule has 7 heteroatoms. The van der Waals surface area contributed by atoms with Crippen molar-refractivity contribution in [2.75, 3.05) is 107 Å². The lowest BCUT2D eigenvalue weighted by Gasteiger charge is -2.28. The maximum absolute atomic E-state index is 5.64. The van der Waals surface area contributed by atoms with Gasteiger partial charge in [-0.2, -0.15) is 0 Å². The van der Waals surface area contributed by atoms with Gasteiger partial charge in [-0.05, 0) is 145 Å². The molecule has 0 aromatic rings. The summed E-state index contributed by atoms with van der Waals surface area (Å²) < 4.78 is 5.50. The average Bonchev–Trinajstić information content (AvgIpc) is 2.86. The van der Waals surface area contributed by atoms with Crippen molar-refractivity contribution in [3.63, 3.8) is 0 Å². The molecule has 0 aliphatic carbocycles. The Bertz CT molecular complexity index is 412. The van der Waals surface area contributed by atoms with Gasteiger partial charge in [0.1, 0.15) is 0 Å². The highest BCUT2D eigenvalue weighted by molar-refractivity contribution is 4.69. The molecule has 218 valence electrons. The van der Waals surface area contributed by atoms with E-state index in [9.17, 15) is 0 Å². The summed E-state index contributed by atoms with van der Waals surface area (Å²) in [6, 6.07) is 0. The molecule has 0 aromatic heterocycles. The van der Waals surface area contributed by atoms with Crippen molar-refractivity contribution in [2.24, 2.45) is 17.4 Å². The standard InChI is InChI=1S/C29H66N6O/c1-6-36-26-14-8-7-9-17-29(27-34(4)22-12-10-20-32(2)24-15-18-30)28-35(5)23-13-11-21-33(3)25-16-19-31/h29H,6-28,30-31H2,1-5H3. The molecule has 0 spiro atoms. The molecule has 0 rings (SSSR count). The van der Waals surface area contributed by atoms with Crippen LogP contribution in [0.4, 0.5) is 0 Å². The Morgan fingerprint density at radius 2 is 0.944 bits per heavy atom. The Balaban J connectivity index is 4.34. The van der Waals surface area contributed by atoms with Gasteiger partial charge in [-0.25, -0.2) is 0 Å². The third-order valence-corrected chi connectivity index (χ3v) is 7.14. The van der Waals surface area contributed by atoms with E-state index in [0.29, 0.717) is 0 Å². The molecule has 36 heavy (non-hydrogen) atoms. The Kier molecular flexibility index (Phi) is 26.1. The minimum absolute atomic E-state index is 0.756. The SMILES string of the molecule is CCOCCCCCCC(CN(C)CCCCN(C)CCCN)CN(C)CCCCN(C)CCCN. The van der Waals surface area contributed by atoms with Crippen LogP contribution in [0.3, 0.4) is 0 Å². The van der Waals surface area contributed by atoms with Crippen molar-refractivity contribution in [3.05, 3.63) is 0 Å². The maximum atomic E-state index is 5.64. The normalized spacial score (nSPS) is 12.3. The Labute approximate surface area is 226 Å². The topological polar surface area (TPSA) is 74.2 Å². The second kappa shape index (κ2) is 26.3. The fourth-order valence-electron chi connectivity index (χ4n) is 4.91. The van der Waals surface area contributed by atoms with Crippen LogP contribution in [-0.2, 0) is 4.74 Å². The monoisotopic (exact) mass is 515 g/mol. The Morgan fingerprint density at radius 3 is 1.39 bits per heavy atom. The zero-order chi connectivity index (χ0) is 26.9. The van der Waals surface area contributed by atoms with Crippen LogP contribution >= 0.6 is 0 Å². The summed E-state index contributed by atoms with van der Waals surface area (Å²) >= 11 is 0. The predicted molar refractivity (Wildman–Crippen MR) is 159 cm³/mol. The van der Waals surface area contributed by atoms with E-state index in [1.54, 1.807) is 0 Å². The summed E-state index contributed by atoms with van der Waals surface area (Å²) in [6.45, 7) is 14.9. The van der Waals surface area contributed by atoms with E-state index in [2.05, 4.69) is 54.7 Å². The van der Waals surface area contributed by atoms with E-state index >= 15 is 0 Å². The lowest BCUT2D eigenvalue weighted by atomic mass is 9.99. The molecular weight excluding hydrogens is 448 g/mol. The van der Waals surface area contributed by atoms with Gasteiger partial charge in [0.15, 0.2) is 0 Å². The second-order valence-electron chi connectivity index (χ2n) is 11.1. The molecule has 7 nitrogen and oxygen atoms in total. The van der Waals surface area contributed by atoms with Gasteiger partial charge in [-0.3, -0.25) is 0 Å². The summed E-state index contributed by atoms with van der Waals surface area (Å²) in [5.74, 6) is 0.756. The van der Waals surface area contributed by atoms with Crippen molar-refractivity contribution in [1.82, 2.24) is 19.6 Å². The van der Waals surface area contributed by atoms with E-state index in [-0.39, 0.29) is 0 Å². The van der Waals surface area contributed by atoms with Crippen molar-refractivity contribution in [2.45, 2.75) is 77.6 Å². The number of ether oxygens (including phenoxy) is 1. The molecule has 0 fully saturated rings. The van der Waals surface area contributed by atoms with Gasteiger partial charge in [0.25, 0.3) is 0 Å². The van der Waals surface area contributed by atoms with Crippen molar-refractivity contribution >= 4 is 0 Å². The van der Waals surface area contributed by atoms with Gasteiger partial charge >= 0.3 is 0 Å². The first-order valence-electron chi connectivity index (χ1n) is 15.1. The largest absolute Gasteiger partial charge is 0.382 e. The fraction of sp³-hybridized carbons (Fsp3) is 1.00. The number of rotatable bonds is 28. The van der Waals surface area contributed by atoms with Crippen LogP contribution in [0.5, 0.6) is 0 Å². The average molecular weight is 515 g/mol. The van der Waals surface area contributed by atoms with Gasteiger partial charge < -0.3 is 35.8 Å². The molecule has 0 bridgehead atoms. The minimum Gasteiger partial charge on any atom is -0.382 e. The minimum atomic E-state index is 0.756. The van der Waals surface area contributed by atoms with E-state index in [4.69, 9.17) is 16.2 Å². The highest BCUT2D eigenvalue weighted by atomic mass is 16.5. The molecule has 0 amide bonds.